The minimum atomic E-state index is 0.156. The maximum absolute atomic E-state index is 12.2. The predicted molar refractivity (Wildman–Crippen MR) is 74.2 cm³/mol. The summed E-state index contributed by atoms with van der Waals surface area (Å²) in [6, 6.07) is 10.7. The number of piperidine rings is 1. The minimum absolute atomic E-state index is 0.156. The predicted octanol–water partition coefficient (Wildman–Crippen LogP) is 3.70. The van der Waals surface area contributed by atoms with Gasteiger partial charge in [0.25, 0.3) is 0 Å². The molecule has 0 saturated carbocycles. The largest absolute Gasteiger partial charge is 0.333 e. The molecule has 0 bridgehead atoms. The molecule has 2 rings (SSSR count). The molecule has 0 spiro atoms. The highest BCUT2D eigenvalue weighted by Gasteiger charge is 2.31. The van der Waals surface area contributed by atoms with Gasteiger partial charge in [-0.15, -0.1) is 6.58 Å². The summed E-state index contributed by atoms with van der Waals surface area (Å²) in [7, 11) is 0. The van der Waals surface area contributed by atoms with Crippen molar-refractivity contribution in [3.8, 4) is 0 Å². The fourth-order valence-corrected chi connectivity index (χ4v) is 2.81. The quantitative estimate of drug-likeness (QED) is 0.738. The Hall–Kier alpha value is -1.57. The fourth-order valence-electron chi connectivity index (χ4n) is 2.81. The average Bonchev–Trinajstić information content (AvgIpc) is 2.40. The first-order valence-corrected chi connectivity index (χ1v) is 6.71. The van der Waals surface area contributed by atoms with Crippen LogP contribution in [0.3, 0.4) is 0 Å². The van der Waals surface area contributed by atoms with E-state index >= 15 is 0 Å². The number of carbonyl (C=O) groups is 1. The molecule has 0 aromatic heterocycles. The third-order valence-corrected chi connectivity index (χ3v) is 3.75. The first-order chi connectivity index (χ1) is 8.74. The van der Waals surface area contributed by atoms with E-state index in [1.807, 2.05) is 24.3 Å². The molecule has 0 N–H and O–H groups in total. The summed E-state index contributed by atoms with van der Waals surface area (Å²) >= 11 is 0. The van der Waals surface area contributed by atoms with Crippen LogP contribution in [-0.2, 0) is 4.79 Å². The van der Waals surface area contributed by atoms with Crippen molar-refractivity contribution in [2.75, 3.05) is 0 Å². The zero-order chi connectivity index (χ0) is 13.0. The van der Waals surface area contributed by atoms with Gasteiger partial charge in [-0.25, -0.2) is 0 Å². The standard InChI is InChI=1S/C16H21NO/c1-3-8-15-11-7-12-16(18)17(15)13(2)14-9-5-4-6-10-14/h3-6,9-10,13,15H,1,7-8,11-12H2,2H3/t13-,15-/m0/s1. The zero-order valence-electron chi connectivity index (χ0n) is 11.0. The Morgan fingerprint density at radius 1 is 1.44 bits per heavy atom. The van der Waals surface area contributed by atoms with E-state index in [-0.39, 0.29) is 11.9 Å². The second-order valence-corrected chi connectivity index (χ2v) is 4.96. The molecule has 0 radical (unpaired) electrons. The molecule has 1 fully saturated rings. The summed E-state index contributed by atoms with van der Waals surface area (Å²) < 4.78 is 0. The highest BCUT2D eigenvalue weighted by molar-refractivity contribution is 5.77. The van der Waals surface area contributed by atoms with E-state index in [2.05, 4.69) is 30.5 Å². The smallest absolute Gasteiger partial charge is 0.223 e. The Kier molecular flexibility index (Phi) is 4.19. The van der Waals surface area contributed by atoms with Crippen LogP contribution in [0.15, 0.2) is 43.0 Å². The first kappa shape index (κ1) is 12.9. The van der Waals surface area contributed by atoms with Gasteiger partial charge in [-0.2, -0.15) is 0 Å². The number of nitrogens with zero attached hydrogens (tertiary/aromatic N) is 1. The molecule has 1 aliphatic rings. The topological polar surface area (TPSA) is 20.3 Å². The average molecular weight is 243 g/mol. The van der Waals surface area contributed by atoms with Crippen molar-refractivity contribution in [3.63, 3.8) is 0 Å². The van der Waals surface area contributed by atoms with Gasteiger partial charge in [0.05, 0.1) is 6.04 Å². The van der Waals surface area contributed by atoms with Crippen LogP contribution in [0.1, 0.15) is 44.2 Å². The number of carbonyl (C=O) groups excluding carboxylic acids is 1. The van der Waals surface area contributed by atoms with Crippen LogP contribution in [0.5, 0.6) is 0 Å². The van der Waals surface area contributed by atoms with Gasteiger partial charge in [-0.3, -0.25) is 4.79 Å². The summed E-state index contributed by atoms with van der Waals surface area (Å²) in [4.78, 5) is 14.2. The minimum Gasteiger partial charge on any atom is -0.333 e. The SMILES string of the molecule is C=CC[C@H]1CCCC(=O)N1[C@@H](C)c1ccccc1. The third-order valence-electron chi connectivity index (χ3n) is 3.75. The molecule has 0 aliphatic carbocycles. The number of rotatable bonds is 4. The second-order valence-electron chi connectivity index (χ2n) is 4.96. The molecule has 1 aliphatic heterocycles. The molecule has 1 aromatic rings. The lowest BCUT2D eigenvalue weighted by molar-refractivity contribution is -0.139. The normalized spacial score (nSPS) is 21.7. The third kappa shape index (κ3) is 2.63. The lowest BCUT2D eigenvalue weighted by atomic mass is 9.94. The van der Waals surface area contributed by atoms with Crippen LogP contribution in [0.25, 0.3) is 0 Å². The van der Waals surface area contributed by atoms with Crippen molar-refractivity contribution in [1.29, 1.82) is 0 Å². The van der Waals surface area contributed by atoms with Crippen molar-refractivity contribution in [1.82, 2.24) is 4.90 Å². The highest BCUT2D eigenvalue weighted by atomic mass is 16.2. The van der Waals surface area contributed by atoms with Gasteiger partial charge in [0.1, 0.15) is 0 Å². The van der Waals surface area contributed by atoms with Crippen molar-refractivity contribution in [3.05, 3.63) is 48.6 Å². The highest BCUT2D eigenvalue weighted by Crippen LogP contribution is 2.30. The molecule has 18 heavy (non-hydrogen) atoms. The van der Waals surface area contributed by atoms with Crippen molar-refractivity contribution in [2.24, 2.45) is 0 Å². The van der Waals surface area contributed by atoms with Crippen LogP contribution in [0.4, 0.5) is 0 Å². The Labute approximate surface area is 109 Å². The molecular weight excluding hydrogens is 222 g/mol. The van der Waals surface area contributed by atoms with Crippen LogP contribution < -0.4 is 0 Å². The van der Waals surface area contributed by atoms with Gasteiger partial charge in [0.2, 0.25) is 5.91 Å². The fraction of sp³-hybridized carbons (Fsp3) is 0.438. The molecule has 2 atom stereocenters. The van der Waals surface area contributed by atoms with E-state index < -0.39 is 0 Å². The van der Waals surface area contributed by atoms with E-state index in [0.29, 0.717) is 12.5 Å². The van der Waals surface area contributed by atoms with Gasteiger partial charge in [-0.1, -0.05) is 36.4 Å². The molecule has 1 aromatic carbocycles. The summed E-state index contributed by atoms with van der Waals surface area (Å²) in [5, 5.41) is 0. The Balaban J connectivity index is 2.21. The zero-order valence-corrected chi connectivity index (χ0v) is 11.0. The molecule has 1 heterocycles. The van der Waals surface area contributed by atoms with E-state index in [4.69, 9.17) is 0 Å². The van der Waals surface area contributed by atoms with Crippen molar-refractivity contribution >= 4 is 5.91 Å². The molecule has 1 saturated heterocycles. The number of likely N-dealkylation sites (tertiary alicyclic amines) is 1. The molecular formula is C16H21NO. The van der Waals surface area contributed by atoms with Gasteiger partial charge in [-0.05, 0) is 31.7 Å². The lowest BCUT2D eigenvalue weighted by Gasteiger charge is -2.40. The van der Waals surface area contributed by atoms with E-state index in [1.165, 1.54) is 5.56 Å². The molecule has 96 valence electrons. The Morgan fingerprint density at radius 3 is 2.83 bits per heavy atom. The first-order valence-electron chi connectivity index (χ1n) is 6.71. The van der Waals surface area contributed by atoms with Gasteiger partial charge in [0, 0.05) is 12.5 Å². The summed E-state index contributed by atoms with van der Waals surface area (Å²) in [5.74, 6) is 0.282. The van der Waals surface area contributed by atoms with E-state index in [9.17, 15) is 4.79 Å². The number of benzene rings is 1. The number of amides is 1. The van der Waals surface area contributed by atoms with Gasteiger partial charge in [0.15, 0.2) is 0 Å². The molecule has 2 heteroatoms. The van der Waals surface area contributed by atoms with Crippen molar-refractivity contribution in [2.45, 2.75) is 44.7 Å². The summed E-state index contributed by atoms with van der Waals surface area (Å²) in [5.41, 5.74) is 1.21. The Morgan fingerprint density at radius 2 is 2.17 bits per heavy atom. The van der Waals surface area contributed by atoms with Crippen LogP contribution in [0.2, 0.25) is 0 Å². The maximum atomic E-state index is 12.2. The maximum Gasteiger partial charge on any atom is 0.223 e. The van der Waals surface area contributed by atoms with Crippen LogP contribution >= 0.6 is 0 Å². The lowest BCUT2D eigenvalue weighted by Crippen LogP contribution is -2.44. The van der Waals surface area contributed by atoms with Crippen LogP contribution in [-0.4, -0.2) is 16.8 Å². The Bertz CT molecular complexity index is 412. The molecule has 2 nitrogen and oxygen atoms in total. The second kappa shape index (κ2) is 5.85. The number of hydrogen-bond acceptors (Lipinski definition) is 1. The van der Waals surface area contributed by atoms with Gasteiger partial charge >= 0.3 is 0 Å². The van der Waals surface area contributed by atoms with E-state index in [0.717, 1.165) is 19.3 Å². The van der Waals surface area contributed by atoms with Crippen LogP contribution in [0, 0.1) is 0 Å². The van der Waals surface area contributed by atoms with Gasteiger partial charge < -0.3 is 4.90 Å². The molecule has 1 amide bonds. The summed E-state index contributed by atoms with van der Waals surface area (Å²) in [6.07, 6.45) is 5.60. The van der Waals surface area contributed by atoms with E-state index in [1.54, 1.807) is 0 Å². The monoisotopic (exact) mass is 243 g/mol. The molecule has 0 unspecified atom stereocenters. The number of hydrogen-bond donors (Lipinski definition) is 0. The summed E-state index contributed by atoms with van der Waals surface area (Å²) in [6.45, 7) is 5.93. The van der Waals surface area contributed by atoms with Crippen molar-refractivity contribution < 1.29 is 4.79 Å².